The molecule has 4 heterocycles. The Labute approximate surface area is 196 Å². The first kappa shape index (κ1) is 21.3. The van der Waals surface area contributed by atoms with Gasteiger partial charge in [-0.15, -0.1) is 0 Å². The molecule has 2 aliphatic rings. The zero-order valence-electron chi connectivity index (χ0n) is 18.3. The predicted octanol–water partition coefficient (Wildman–Crippen LogP) is 3.78. The number of fused-ring (bicyclic) bond motifs is 4. The van der Waals surface area contributed by atoms with Gasteiger partial charge in [-0.3, -0.25) is 4.79 Å². The lowest BCUT2D eigenvalue weighted by Gasteiger charge is -2.19. The normalized spacial score (nSPS) is 22.1. The van der Waals surface area contributed by atoms with E-state index in [1.807, 2.05) is 48.7 Å². The minimum Gasteiger partial charge on any atom is -0.453 e. The average Bonchev–Trinajstić information content (AvgIpc) is 3.44. The van der Waals surface area contributed by atoms with Gasteiger partial charge in [0, 0.05) is 35.9 Å². The molecule has 8 nitrogen and oxygen atoms in total. The first-order chi connectivity index (χ1) is 16.7. The third kappa shape index (κ3) is 4.33. The zero-order valence-corrected chi connectivity index (χ0v) is 18.3. The molecule has 1 amide bonds. The van der Waals surface area contributed by atoms with Crippen molar-refractivity contribution < 1.29 is 14.3 Å². The predicted molar refractivity (Wildman–Crippen MR) is 132 cm³/mol. The number of rotatable bonds is 1. The summed E-state index contributed by atoms with van der Waals surface area (Å²) >= 11 is 0. The van der Waals surface area contributed by atoms with Crippen LogP contribution in [0.3, 0.4) is 0 Å². The van der Waals surface area contributed by atoms with Gasteiger partial charge in [-0.25, -0.2) is 9.98 Å². The molecule has 0 fully saturated rings. The second-order valence-corrected chi connectivity index (χ2v) is 7.75. The molecule has 0 saturated heterocycles. The largest absolute Gasteiger partial charge is 0.453 e. The fraction of sp³-hybridized carbons (Fsp3) is 0.115. The molecule has 34 heavy (non-hydrogen) atoms. The van der Waals surface area contributed by atoms with E-state index >= 15 is 0 Å². The molecular weight excluding hydrogens is 430 g/mol. The van der Waals surface area contributed by atoms with Gasteiger partial charge in [0.2, 0.25) is 11.8 Å². The highest BCUT2D eigenvalue weighted by atomic mass is 16.5. The third-order valence-corrected chi connectivity index (χ3v) is 5.54. The standard InChI is InChI=1S/C26H23N5O3/c27-25(32)23-16-19-17-31(23)14-11-28-18-33-15-7-3-1-2-6-12-30-13-10-21-20-8-4-5-9-22(20)29-26(34-19)24(21)30/h1-11,13-16,18,23H,12,17H2,(H2,27,32)/b3-1-,6-2+,14-11+,15-7-,28-18?. The molecule has 1 unspecified atom stereocenters. The molecule has 1 atom stereocenters. The smallest absolute Gasteiger partial charge is 0.244 e. The van der Waals surface area contributed by atoms with Gasteiger partial charge in [0.1, 0.15) is 17.3 Å². The topological polar surface area (TPSA) is 95.0 Å². The minimum absolute atomic E-state index is 0.348. The van der Waals surface area contributed by atoms with E-state index in [1.165, 1.54) is 18.9 Å². The number of para-hydroxylation sites is 1. The summed E-state index contributed by atoms with van der Waals surface area (Å²) in [4.78, 5) is 22.7. The molecule has 2 bridgehead atoms. The van der Waals surface area contributed by atoms with Crippen LogP contribution in [0.5, 0.6) is 5.88 Å². The fourth-order valence-electron chi connectivity index (χ4n) is 4.00. The summed E-state index contributed by atoms with van der Waals surface area (Å²) in [5.41, 5.74) is 7.35. The number of pyridine rings is 1. The van der Waals surface area contributed by atoms with Crippen LogP contribution in [0.4, 0.5) is 0 Å². The number of nitrogens with zero attached hydrogens (tertiary/aromatic N) is 4. The summed E-state index contributed by atoms with van der Waals surface area (Å²) in [5, 5.41) is 2.10. The van der Waals surface area contributed by atoms with Crippen molar-refractivity contribution >= 4 is 34.1 Å². The van der Waals surface area contributed by atoms with Gasteiger partial charge in [0.15, 0.2) is 6.40 Å². The Kier molecular flexibility index (Phi) is 5.94. The monoisotopic (exact) mass is 453 g/mol. The summed E-state index contributed by atoms with van der Waals surface area (Å²) in [5.74, 6) is 0.588. The molecule has 5 rings (SSSR count). The first-order valence-corrected chi connectivity index (χ1v) is 10.8. The number of hydrogen-bond donors (Lipinski definition) is 1. The van der Waals surface area contributed by atoms with Crippen molar-refractivity contribution in [2.75, 3.05) is 6.54 Å². The Balaban J connectivity index is 1.60. The van der Waals surface area contributed by atoms with Gasteiger partial charge in [0.25, 0.3) is 0 Å². The molecule has 2 N–H and O–H groups in total. The van der Waals surface area contributed by atoms with Crippen LogP contribution in [-0.2, 0) is 16.1 Å². The van der Waals surface area contributed by atoms with Crippen molar-refractivity contribution in [2.45, 2.75) is 12.6 Å². The Bertz CT molecular complexity index is 1410. The molecule has 0 spiro atoms. The number of carbonyl (C=O) groups is 1. The highest BCUT2D eigenvalue weighted by Gasteiger charge is 2.29. The van der Waals surface area contributed by atoms with Crippen LogP contribution in [0.25, 0.3) is 21.8 Å². The quantitative estimate of drug-likeness (QED) is 0.605. The first-order valence-electron chi connectivity index (χ1n) is 10.8. The maximum absolute atomic E-state index is 12.0. The molecule has 0 aliphatic carbocycles. The van der Waals surface area contributed by atoms with Crippen LogP contribution in [0.1, 0.15) is 0 Å². The molecule has 1 aromatic carbocycles. The SMILES string of the molecule is NC(=O)C1C=C2CN1/C=C/N=CO\C=C/C=C\C=C\Cn1ccc3c4ccccc4nc(c31)O2. The van der Waals surface area contributed by atoms with Gasteiger partial charge in [-0.2, -0.15) is 0 Å². The number of carbonyl (C=O) groups excluding carboxylic acids is 1. The number of nitrogens with two attached hydrogens (primary N) is 1. The van der Waals surface area contributed by atoms with Crippen LogP contribution in [0.2, 0.25) is 0 Å². The average molecular weight is 454 g/mol. The van der Waals surface area contributed by atoms with Crippen molar-refractivity contribution in [3.05, 3.63) is 97.4 Å². The molecular formula is C26H23N5O3. The van der Waals surface area contributed by atoms with Crippen LogP contribution >= 0.6 is 0 Å². The van der Waals surface area contributed by atoms with Crippen molar-refractivity contribution in [1.29, 1.82) is 0 Å². The highest BCUT2D eigenvalue weighted by Crippen LogP contribution is 2.33. The maximum atomic E-state index is 12.0. The van der Waals surface area contributed by atoms with E-state index in [1.54, 1.807) is 23.3 Å². The number of allylic oxidation sites excluding steroid dienone is 5. The van der Waals surface area contributed by atoms with Gasteiger partial charge in [-0.1, -0.05) is 42.5 Å². The minimum atomic E-state index is -0.649. The van der Waals surface area contributed by atoms with E-state index in [4.69, 9.17) is 20.2 Å². The molecule has 0 radical (unpaired) electrons. The molecule has 2 aliphatic heterocycles. The van der Waals surface area contributed by atoms with Crippen LogP contribution in [0.15, 0.2) is 102 Å². The van der Waals surface area contributed by atoms with Crippen molar-refractivity contribution in [2.24, 2.45) is 10.7 Å². The third-order valence-electron chi connectivity index (χ3n) is 5.54. The Morgan fingerprint density at radius 1 is 1.09 bits per heavy atom. The lowest BCUT2D eigenvalue weighted by Crippen LogP contribution is -2.37. The van der Waals surface area contributed by atoms with Crippen molar-refractivity contribution in [3.8, 4) is 5.88 Å². The molecule has 170 valence electrons. The number of aliphatic imine (C=N–C) groups is 1. The van der Waals surface area contributed by atoms with E-state index < -0.39 is 11.9 Å². The van der Waals surface area contributed by atoms with E-state index in [2.05, 4.69) is 21.7 Å². The van der Waals surface area contributed by atoms with Crippen molar-refractivity contribution in [1.82, 2.24) is 14.5 Å². The molecule has 2 aromatic heterocycles. The summed E-state index contributed by atoms with van der Waals surface area (Å²) in [6.45, 7) is 0.982. The summed E-state index contributed by atoms with van der Waals surface area (Å²) in [7, 11) is 0. The number of hydrogen-bond acceptors (Lipinski definition) is 6. The number of aromatic nitrogens is 2. The van der Waals surface area contributed by atoms with Crippen LogP contribution in [-0.4, -0.2) is 39.3 Å². The van der Waals surface area contributed by atoms with Crippen LogP contribution < -0.4 is 10.5 Å². The van der Waals surface area contributed by atoms with Gasteiger partial charge < -0.3 is 24.7 Å². The van der Waals surface area contributed by atoms with E-state index in [9.17, 15) is 4.79 Å². The Morgan fingerprint density at radius 3 is 2.88 bits per heavy atom. The second kappa shape index (κ2) is 9.50. The zero-order chi connectivity index (χ0) is 23.3. The maximum Gasteiger partial charge on any atom is 0.244 e. The van der Waals surface area contributed by atoms with Gasteiger partial charge >= 0.3 is 0 Å². The number of benzene rings is 1. The number of ether oxygens (including phenoxy) is 2. The van der Waals surface area contributed by atoms with Crippen LogP contribution in [0, 0.1) is 0 Å². The van der Waals surface area contributed by atoms with E-state index in [-0.39, 0.29) is 0 Å². The molecule has 8 heteroatoms. The Hall–Kier alpha value is -4.59. The summed E-state index contributed by atoms with van der Waals surface area (Å²) < 4.78 is 13.6. The van der Waals surface area contributed by atoms with Gasteiger partial charge in [-0.05, 0) is 24.3 Å². The molecule has 3 aromatic rings. The number of amides is 1. The van der Waals surface area contributed by atoms with E-state index in [0.717, 1.165) is 21.8 Å². The second-order valence-electron chi connectivity index (χ2n) is 7.75. The molecule has 0 saturated carbocycles. The fourth-order valence-corrected chi connectivity index (χ4v) is 4.00. The highest BCUT2D eigenvalue weighted by molar-refractivity contribution is 6.06. The van der Waals surface area contributed by atoms with E-state index in [0.29, 0.717) is 24.7 Å². The lowest BCUT2D eigenvalue weighted by molar-refractivity contribution is -0.120. The lowest BCUT2D eigenvalue weighted by atomic mass is 10.1. The summed E-state index contributed by atoms with van der Waals surface area (Å²) in [6.07, 6.45) is 19.3. The number of primary amides is 1. The van der Waals surface area contributed by atoms with Gasteiger partial charge in [0.05, 0.1) is 18.3 Å². The van der Waals surface area contributed by atoms with Crippen molar-refractivity contribution in [3.63, 3.8) is 0 Å². The Morgan fingerprint density at radius 2 is 1.97 bits per heavy atom. The summed E-state index contributed by atoms with van der Waals surface area (Å²) in [6, 6.07) is 9.39.